The number of carbonyl (C=O) groups is 1. The number of benzene rings is 2. The third-order valence-electron chi connectivity index (χ3n) is 6.91. The van der Waals surface area contributed by atoms with E-state index in [9.17, 15) is 4.79 Å². The Hall–Kier alpha value is -4.00. The van der Waals surface area contributed by atoms with E-state index in [-0.39, 0.29) is 11.9 Å². The summed E-state index contributed by atoms with van der Waals surface area (Å²) in [5, 5.41) is 1.14. The molecule has 0 saturated heterocycles. The number of nitrogens with zero attached hydrogens (tertiary/aromatic N) is 2. The van der Waals surface area contributed by atoms with Crippen molar-refractivity contribution in [2.75, 3.05) is 27.4 Å². The number of fused-ring (bicyclic) bond motifs is 2. The number of aromatic nitrogens is 2. The topological polar surface area (TPSA) is 76.7 Å². The number of ether oxygens (including phenoxy) is 3. The van der Waals surface area contributed by atoms with E-state index in [1.165, 1.54) is 11.1 Å². The maximum absolute atomic E-state index is 13.6. The molecule has 36 heavy (non-hydrogen) atoms. The van der Waals surface area contributed by atoms with E-state index in [1.54, 1.807) is 32.7 Å². The first-order chi connectivity index (χ1) is 17.6. The molecule has 1 atom stereocenters. The number of aryl methyl sites for hydroxylation is 1. The van der Waals surface area contributed by atoms with Gasteiger partial charge in [0, 0.05) is 36.0 Å². The van der Waals surface area contributed by atoms with Crippen LogP contribution in [0.1, 0.15) is 46.4 Å². The summed E-state index contributed by atoms with van der Waals surface area (Å²) < 4.78 is 16.9. The van der Waals surface area contributed by atoms with E-state index in [0.29, 0.717) is 24.5 Å². The number of aromatic amines is 1. The first-order valence-electron chi connectivity index (χ1n) is 12.3. The first-order valence-corrected chi connectivity index (χ1v) is 12.3. The number of pyridine rings is 1. The summed E-state index contributed by atoms with van der Waals surface area (Å²) in [7, 11) is 3.34. The molecular formula is C29H31N3O4. The van der Waals surface area contributed by atoms with Crippen LogP contribution >= 0.6 is 0 Å². The van der Waals surface area contributed by atoms with Gasteiger partial charge in [0.05, 0.1) is 32.4 Å². The number of hydrogen-bond acceptors (Lipinski definition) is 5. The zero-order valence-electron chi connectivity index (χ0n) is 20.9. The number of hydrogen-bond donors (Lipinski definition) is 1. The second kappa shape index (κ2) is 10.3. The molecule has 2 aromatic heterocycles. The molecule has 1 unspecified atom stereocenters. The van der Waals surface area contributed by atoms with Crippen LogP contribution in [0.15, 0.2) is 61.1 Å². The second-order valence-corrected chi connectivity index (χ2v) is 8.91. The average Bonchev–Trinajstić information content (AvgIpc) is 3.33. The summed E-state index contributed by atoms with van der Waals surface area (Å²) in [5.74, 6) is 2.25. The fourth-order valence-corrected chi connectivity index (χ4v) is 5.13. The number of nitrogens with one attached hydrogen (secondary N) is 1. The van der Waals surface area contributed by atoms with Crippen molar-refractivity contribution in [2.24, 2.45) is 0 Å². The zero-order valence-corrected chi connectivity index (χ0v) is 20.9. The summed E-state index contributed by atoms with van der Waals surface area (Å²) in [6, 6.07) is 13.7. The highest BCUT2D eigenvalue weighted by Crippen LogP contribution is 2.41. The van der Waals surface area contributed by atoms with Crippen LogP contribution < -0.4 is 14.2 Å². The third kappa shape index (κ3) is 4.49. The van der Waals surface area contributed by atoms with Gasteiger partial charge in [0.15, 0.2) is 11.5 Å². The first kappa shape index (κ1) is 23.7. The quantitative estimate of drug-likeness (QED) is 0.364. The Morgan fingerprint density at radius 1 is 1.14 bits per heavy atom. The SMILES string of the molecule is CCOc1cc2c(cc1OC)CCN(C(=O)c1cccnc1)C2CCc1c[nH]c2ccc(OC)cc12. The van der Waals surface area contributed by atoms with E-state index in [0.717, 1.165) is 47.2 Å². The van der Waals surface area contributed by atoms with Crippen molar-refractivity contribution in [1.82, 2.24) is 14.9 Å². The molecule has 0 saturated carbocycles. The maximum atomic E-state index is 13.6. The highest BCUT2D eigenvalue weighted by atomic mass is 16.5. The molecule has 0 spiro atoms. The molecule has 1 N–H and O–H groups in total. The Kier molecular flexibility index (Phi) is 6.80. The molecule has 7 heteroatoms. The summed E-state index contributed by atoms with van der Waals surface area (Å²) in [6.07, 6.45) is 7.70. The van der Waals surface area contributed by atoms with Crippen LogP contribution in [0.3, 0.4) is 0 Å². The summed E-state index contributed by atoms with van der Waals surface area (Å²) in [5.41, 5.74) is 5.17. The Labute approximate surface area is 211 Å². The van der Waals surface area contributed by atoms with Crippen LogP contribution in [0.25, 0.3) is 10.9 Å². The summed E-state index contributed by atoms with van der Waals surface area (Å²) in [4.78, 5) is 23.1. The van der Waals surface area contributed by atoms with Gasteiger partial charge >= 0.3 is 0 Å². The van der Waals surface area contributed by atoms with Crippen molar-refractivity contribution in [2.45, 2.75) is 32.2 Å². The van der Waals surface area contributed by atoms with Gasteiger partial charge in [-0.2, -0.15) is 0 Å². The molecule has 2 aromatic carbocycles. The van der Waals surface area contributed by atoms with Crippen molar-refractivity contribution in [1.29, 1.82) is 0 Å². The zero-order chi connectivity index (χ0) is 25.1. The van der Waals surface area contributed by atoms with Gasteiger partial charge in [0.2, 0.25) is 0 Å². The number of carbonyl (C=O) groups excluding carboxylic acids is 1. The molecule has 5 rings (SSSR count). The molecule has 186 valence electrons. The van der Waals surface area contributed by atoms with Crippen molar-refractivity contribution in [3.8, 4) is 17.2 Å². The van der Waals surface area contributed by atoms with Gasteiger partial charge in [-0.25, -0.2) is 0 Å². The van der Waals surface area contributed by atoms with Crippen molar-refractivity contribution >= 4 is 16.8 Å². The van der Waals surface area contributed by atoms with Gasteiger partial charge < -0.3 is 24.1 Å². The molecular weight excluding hydrogens is 454 g/mol. The predicted octanol–water partition coefficient (Wildman–Crippen LogP) is 5.35. The highest BCUT2D eigenvalue weighted by molar-refractivity contribution is 5.94. The number of H-pyrrole nitrogens is 1. The molecule has 1 aliphatic heterocycles. The van der Waals surface area contributed by atoms with Crippen LogP contribution in [0.2, 0.25) is 0 Å². The molecule has 1 aliphatic rings. The smallest absolute Gasteiger partial charge is 0.255 e. The molecule has 3 heterocycles. The standard InChI is InChI=1S/C29H31N3O4/c1-4-36-28-16-24-19(14-27(28)35-3)11-13-32(29(33)21-6-5-12-30-17-21)26(24)10-7-20-18-31-25-9-8-22(34-2)15-23(20)25/h5-6,8-9,12,14-18,26,31H,4,7,10-11,13H2,1-3H3. The van der Waals surface area contributed by atoms with Crippen LogP contribution in [0.4, 0.5) is 0 Å². The van der Waals surface area contributed by atoms with Gasteiger partial charge in [-0.1, -0.05) is 0 Å². The average molecular weight is 486 g/mol. The maximum Gasteiger partial charge on any atom is 0.255 e. The Morgan fingerprint density at radius 2 is 2.03 bits per heavy atom. The minimum atomic E-state index is -0.109. The lowest BCUT2D eigenvalue weighted by molar-refractivity contribution is 0.0649. The Morgan fingerprint density at radius 3 is 2.78 bits per heavy atom. The Bertz CT molecular complexity index is 1370. The van der Waals surface area contributed by atoms with E-state index in [1.807, 2.05) is 30.0 Å². The van der Waals surface area contributed by atoms with Gasteiger partial charge in [0.1, 0.15) is 5.75 Å². The Balaban J connectivity index is 1.52. The fourth-order valence-electron chi connectivity index (χ4n) is 5.13. The van der Waals surface area contributed by atoms with Gasteiger partial charge in [0.25, 0.3) is 5.91 Å². The van der Waals surface area contributed by atoms with Crippen LogP contribution in [0.5, 0.6) is 17.2 Å². The van der Waals surface area contributed by atoms with Crippen molar-refractivity contribution in [3.63, 3.8) is 0 Å². The van der Waals surface area contributed by atoms with Crippen LogP contribution in [-0.2, 0) is 12.8 Å². The number of rotatable bonds is 8. The lowest BCUT2D eigenvalue weighted by Crippen LogP contribution is -2.40. The minimum absolute atomic E-state index is 0.00637. The lowest BCUT2D eigenvalue weighted by atomic mass is 9.88. The van der Waals surface area contributed by atoms with Gasteiger partial charge in [-0.05, 0) is 85.3 Å². The molecule has 7 nitrogen and oxygen atoms in total. The molecule has 0 bridgehead atoms. The normalized spacial score (nSPS) is 15.0. The number of amides is 1. The monoisotopic (exact) mass is 485 g/mol. The molecule has 0 aliphatic carbocycles. The van der Waals surface area contributed by atoms with Gasteiger partial charge in [-0.15, -0.1) is 0 Å². The van der Waals surface area contributed by atoms with E-state index in [4.69, 9.17) is 14.2 Å². The van der Waals surface area contributed by atoms with E-state index >= 15 is 0 Å². The van der Waals surface area contributed by atoms with E-state index < -0.39 is 0 Å². The van der Waals surface area contributed by atoms with Crippen molar-refractivity contribution in [3.05, 3.63) is 83.3 Å². The second-order valence-electron chi connectivity index (χ2n) is 8.91. The minimum Gasteiger partial charge on any atom is -0.497 e. The van der Waals surface area contributed by atoms with Gasteiger partial charge in [-0.3, -0.25) is 9.78 Å². The third-order valence-corrected chi connectivity index (χ3v) is 6.91. The number of methoxy groups -OCH3 is 2. The lowest BCUT2D eigenvalue weighted by Gasteiger charge is -2.38. The van der Waals surface area contributed by atoms with Crippen LogP contribution in [0, 0.1) is 0 Å². The molecule has 1 amide bonds. The predicted molar refractivity (Wildman–Crippen MR) is 139 cm³/mol. The molecule has 0 radical (unpaired) electrons. The largest absolute Gasteiger partial charge is 0.497 e. The fraction of sp³-hybridized carbons (Fsp3) is 0.310. The van der Waals surface area contributed by atoms with E-state index in [2.05, 4.69) is 34.4 Å². The summed E-state index contributed by atoms with van der Waals surface area (Å²) in [6.45, 7) is 3.12. The van der Waals surface area contributed by atoms with Crippen molar-refractivity contribution < 1.29 is 19.0 Å². The van der Waals surface area contributed by atoms with Crippen LogP contribution in [-0.4, -0.2) is 48.1 Å². The molecule has 0 fully saturated rings. The highest BCUT2D eigenvalue weighted by Gasteiger charge is 2.33. The summed E-state index contributed by atoms with van der Waals surface area (Å²) >= 11 is 0. The molecule has 4 aromatic rings.